The van der Waals surface area contributed by atoms with Crippen molar-refractivity contribution in [2.75, 3.05) is 6.61 Å². The van der Waals surface area contributed by atoms with Gasteiger partial charge in [-0.25, -0.2) is 0 Å². The van der Waals surface area contributed by atoms with Crippen LogP contribution in [-0.2, 0) is 6.42 Å². The lowest BCUT2D eigenvalue weighted by atomic mass is 9.79. The van der Waals surface area contributed by atoms with Gasteiger partial charge in [0.1, 0.15) is 5.75 Å². The number of benzene rings is 2. The van der Waals surface area contributed by atoms with Gasteiger partial charge in [-0.3, -0.25) is 0 Å². The first-order chi connectivity index (χ1) is 10.6. The van der Waals surface area contributed by atoms with Gasteiger partial charge < -0.3 is 4.74 Å². The van der Waals surface area contributed by atoms with Gasteiger partial charge in [0.15, 0.2) is 0 Å². The SMILES string of the molecule is CCCOc1cccc2cc(CCC(C)(CC)CC)ccc12. The van der Waals surface area contributed by atoms with Crippen LogP contribution in [0.3, 0.4) is 0 Å². The largest absolute Gasteiger partial charge is 0.493 e. The minimum atomic E-state index is 0.473. The maximum atomic E-state index is 5.86. The molecule has 0 aliphatic heterocycles. The topological polar surface area (TPSA) is 9.23 Å². The summed E-state index contributed by atoms with van der Waals surface area (Å²) in [6.45, 7) is 9.95. The molecule has 0 bridgehead atoms. The van der Waals surface area contributed by atoms with Crippen LogP contribution in [0.25, 0.3) is 10.8 Å². The molecule has 0 saturated carbocycles. The van der Waals surface area contributed by atoms with E-state index in [0.29, 0.717) is 5.41 Å². The van der Waals surface area contributed by atoms with Crippen LogP contribution in [0.15, 0.2) is 36.4 Å². The van der Waals surface area contributed by atoms with Gasteiger partial charge in [-0.15, -0.1) is 0 Å². The van der Waals surface area contributed by atoms with Crippen LogP contribution >= 0.6 is 0 Å². The van der Waals surface area contributed by atoms with Crippen molar-refractivity contribution in [3.8, 4) is 5.75 Å². The predicted octanol–water partition coefficient (Wildman–Crippen LogP) is 6.39. The molecule has 2 aromatic rings. The van der Waals surface area contributed by atoms with Crippen LogP contribution in [0.1, 0.15) is 58.9 Å². The molecule has 0 fully saturated rings. The first-order valence-electron chi connectivity index (χ1n) is 8.76. The normalized spacial score (nSPS) is 11.8. The van der Waals surface area contributed by atoms with Crippen LogP contribution in [0, 0.1) is 5.41 Å². The quantitative estimate of drug-likeness (QED) is 0.549. The summed E-state index contributed by atoms with van der Waals surface area (Å²) in [7, 11) is 0. The van der Waals surface area contributed by atoms with Crippen molar-refractivity contribution in [1.29, 1.82) is 0 Å². The maximum absolute atomic E-state index is 5.86. The number of rotatable bonds is 8. The highest BCUT2D eigenvalue weighted by atomic mass is 16.5. The van der Waals surface area contributed by atoms with Crippen molar-refractivity contribution in [3.05, 3.63) is 42.0 Å². The zero-order valence-electron chi connectivity index (χ0n) is 14.6. The summed E-state index contributed by atoms with van der Waals surface area (Å²) in [6, 6.07) is 13.2. The Balaban J connectivity index is 2.17. The summed E-state index contributed by atoms with van der Waals surface area (Å²) in [4.78, 5) is 0. The Morgan fingerprint density at radius 1 is 1.00 bits per heavy atom. The minimum absolute atomic E-state index is 0.473. The van der Waals surface area contributed by atoms with Crippen LogP contribution in [0.2, 0.25) is 0 Å². The molecule has 0 amide bonds. The van der Waals surface area contributed by atoms with Gasteiger partial charge in [-0.2, -0.15) is 0 Å². The van der Waals surface area contributed by atoms with E-state index in [0.717, 1.165) is 25.2 Å². The van der Waals surface area contributed by atoms with Crippen LogP contribution < -0.4 is 4.74 Å². The Morgan fingerprint density at radius 3 is 2.45 bits per heavy atom. The highest BCUT2D eigenvalue weighted by Crippen LogP contribution is 2.32. The average Bonchev–Trinajstić information content (AvgIpc) is 2.57. The summed E-state index contributed by atoms with van der Waals surface area (Å²) in [5, 5.41) is 2.52. The lowest BCUT2D eigenvalue weighted by Gasteiger charge is -2.26. The molecule has 22 heavy (non-hydrogen) atoms. The van der Waals surface area contributed by atoms with Crippen LogP contribution in [0.5, 0.6) is 5.75 Å². The Kier molecular flexibility index (Phi) is 5.88. The van der Waals surface area contributed by atoms with E-state index >= 15 is 0 Å². The Hall–Kier alpha value is -1.50. The van der Waals surface area contributed by atoms with E-state index < -0.39 is 0 Å². The van der Waals surface area contributed by atoms with Crippen molar-refractivity contribution in [2.24, 2.45) is 5.41 Å². The number of fused-ring (bicyclic) bond motifs is 1. The fourth-order valence-electron chi connectivity index (χ4n) is 2.85. The summed E-state index contributed by atoms with van der Waals surface area (Å²) >= 11 is 0. The van der Waals surface area contributed by atoms with Gasteiger partial charge in [0.05, 0.1) is 6.61 Å². The molecular formula is C21H30O. The van der Waals surface area contributed by atoms with Crippen molar-refractivity contribution >= 4 is 10.8 Å². The molecule has 0 unspecified atom stereocenters. The standard InChI is InChI=1S/C21H30O/c1-5-15-22-20-10-8-9-18-16-17(11-12-19(18)20)13-14-21(4,6-2)7-3/h8-12,16H,5-7,13-15H2,1-4H3. The molecule has 0 aromatic heterocycles. The summed E-state index contributed by atoms with van der Waals surface area (Å²) in [6.07, 6.45) is 5.98. The third-order valence-electron chi connectivity index (χ3n) is 5.09. The Morgan fingerprint density at radius 2 is 1.77 bits per heavy atom. The van der Waals surface area contributed by atoms with E-state index in [9.17, 15) is 0 Å². The van der Waals surface area contributed by atoms with Gasteiger partial charge in [-0.1, -0.05) is 70.9 Å². The van der Waals surface area contributed by atoms with Crippen LogP contribution in [-0.4, -0.2) is 6.61 Å². The van der Waals surface area contributed by atoms with Crippen molar-refractivity contribution in [3.63, 3.8) is 0 Å². The fourth-order valence-corrected chi connectivity index (χ4v) is 2.85. The lowest BCUT2D eigenvalue weighted by molar-refractivity contribution is 0.273. The predicted molar refractivity (Wildman–Crippen MR) is 96.7 cm³/mol. The highest BCUT2D eigenvalue weighted by molar-refractivity contribution is 5.88. The summed E-state index contributed by atoms with van der Waals surface area (Å²) < 4.78 is 5.86. The minimum Gasteiger partial charge on any atom is -0.493 e. The molecule has 120 valence electrons. The molecule has 0 radical (unpaired) electrons. The molecule has 1 nitrogen and oxygen atoms in total. The zero-order chi connectivity index (χ0) is 16.0. The second-order valence-corrected chi connectivity index (χ2v) is 6.68. The lowest BCUT2D eigenvalue weighted by Crippen LogP contribution is -2.14. The van der Waals surface area contributed by atoms with Crippen molar-refractivity contribution < 1.29 is 4.74 Å². The van der Waals surface area contributed by atoms with Gasteiger partial charge in [0.25, 0.3) is 0 Å². The maximum Gasteiger partial charge on any atom is 0.127 e. The van der Waals surface area contributed by atoms with E-state index in [-0.39, 0.29) is 0 Å². The molecule has 0 spiro atoms. The van der Waals surface area contributed by atoms with E-state index in [4.69, 9.17) is 4.74 Å². The molecule has 2 aromatic carbocycles. The molecule has 0 heterocycles. The fraction of sp³-hybridized carbons (Fsp3) is 0.524. The molecule has 0 aliphatic carbocycles. The average molecular weight is 298 g/mol. The van der Waals surface area contributed by atoms with Gasteiger partial charge >= 0.3 is 0 Å². The molecule has 1 heteroatoms. The first-order valence-corrected chi connectivity index (χ1v) is 8.76. The summed E-state index contributed by atoms with van der Waals surface area (Å²) in [5.74, 6) is 1.01. The van der Waals surface area contributed by atoms with Gasteiger partial charge in [0, 0.05) is 5.39 Å². The zero-order valence-corrected chi connectivity index (χ0v) is 14.6. The second-order valence-electron chi connectivity index (χ2n) is 6.68. The molecule has 0 N–H and O–H groups in total. The van der Waals surface area contributed by atoms with E-state index in [1.165, 1.54) is 35.6 Å². The molecule has 0 atom stereocenters. The number of ether oxygens (including phenoxy) is 1. The Bertz CT molecular complexity index is 596. The number of aryl methyl sites for hydroxylation is 1. The second kappa shape index (κ2) is 7.67. The molecule has 0 saturated heterocycles. The monoisotopic (exact) mass is 298 g/mol. The van der Waals surface area contributed by atoms with Crippen molar-refractivity contribution in [2.45, 2.75) is 59.8 Å². The van der Waals surface area contributed by atoms with E-state index in [1.54, 1.807) is 0 Å². The first kappa shape index (κ1) is 16.9. The molecule has 0 aliphatic rings. The van der Waals surface area contributed by atoms with E-state index in [1.807, 2.05) is 0 Å². The third-order valence-corrected chi connectivity index (χ3v) is 5.09. The Labute approximate surface area is 135 Å². The molecular weight excluding hydrogens is 268 g/mol. The highest BCUT2D eigenvalue weighted by Gasteiger charge is 2.19. The van der Waals surface area contributed by atoms with Crippen molar-refractivity contribution in [1.82, 2.24) is 0 Å². The number of hydrogen-bond donors (Lipinski definition) is 0. The molecule has 2 rings (SSSR count). The van der Waals surface area contributed by atoms with Gasteiger partial charge in [0.2, 0.25) is 0 Å². The van der Waals surface area contributed by atoms with Crippen LogP contribution in [0.4, 0.5) is 0 Å². The van der Waals surface area contributed by atoms with E-state index in [2.05, 4.69) is 64.1 Å². The number of hydrogen-bond acceptors (Lipinski definition) is 1. The summed E-state index contributed by atoms with van der Waals surface area (Å²) in [5.41, 5.74) is 1.91. The smallest absolute Gasteiger partial charge is 0.127 e. The van der Waals surface area contributed by atoms with Gasteiger partial charge in [-0.05, 0) is 41.7 Å². The third kappa shape index (κ3) is 4.03.